The van der Waals surface area contributed by atoms with Crippen molar-refractivity contribution in [2.24, 2.45) is 5.92 Å². The van der Waals surface area contributed by atoms with Gasteiger partial charge in [0.1, 0.15) is 0 Å². The standard InChI is InChI=1S/C12H19F3N2/c1-3-6-16-8-10(2)17-7-4-5-11(9-17)12(13,14)15/h1,10-11,16H,4-9H2,2H3. The fraction of sp³-hybridized carbons (Fsp3) is 0.833. The first-order valence-corrected chi connectivity index (χ1v) is 5.90. The van der Waals surface area contributed by atoms with Crippen molar-refractivity contribution in [1.82, 2.24) is 10.2 Å². The highest BCUT2D eigenvalue weighted by Gasteiger charge is 2.42. The lowest BCUT2D eigenvalue weighted by atomic mass is 9.96. The van der Waals surface area contributed by atoms with Gasteiger partial charge in [-0.1, -0.05) is 5.92 Å². The van der Waals surface area contributed by atoms with Crippen LogP contribution in [0.1, 0.15) is 19.8 Å². The third kappa shape index (κ3) is 4.57. The fourth-order valence-electron chi connectivity index (χ4n) is 2.16. The zero-order valence-electron chi connectivity index (χ0n) is 10.1. The SMILES string of the molecule is C#CCNCC(C)N1CCCC(C(F)(F)F)C1. The van der Waals surface area contributed by atoms with Gasteiger partial charge in [-0.25, -0.2) is 0 Å². The molecule has 1 aliphatic rings. The van der Waals surface area contributed by atoms with Crippen molar-refractivity contribution in [3.05, 3.63) is 0 Å². The molecule has 17 heavy (non-hydrogen) atoms. The van der Waals surface area contributed by atoms with Crippen molar-refractivity contribution in [2.75, 3.05) is 26.2 Å². The molecular weight excluding hydrogens is 229 g/mol. The lowest BCUT2D eigenvalue weighted by molar-refractivity contribution is -0.188. The second-order valence-electron chi connectivity index (χ2n) is 4.56. The summed E-state index contributed by atoms with van der Waals surface area (Å²) in [7, 11) is 0. The summed E-state index contributed by atoms with van der Waals surface area (Å²) in [5.74, 6) is 1.27. The van der Waals surface area contributed by atoms with E-state index in [-0.39, 0.29) is 19.0 Å². The zero-order valence-corrected chi connectivity index (χ0v) is 10.1. The van der Waals surface area contributed by atoms with Crippen LogP contribution in [0.3, 0.4) is 0 Å². The third-order valence-corrected chi connectivity index (χ3v) is 3.21. The molecule has 1 heterocycles. The van der Waals surface area contributed by atoms with E-state index < -0.39 is 12.1 Å². The van der Waals surface area contributed by atoms with Gasteiger partial charge in [0, 0.05) is 19.1 Å². The van der Waals surface area contributed by atoms with E-state index in [2.05, 4.69) is 11.2 Å². The highest BCUT2D eigenvalue weighted by Crippen LogP contribution is 2.33. The first kappa shape index (κ1) is 14.3. The molecule has 1 N–H and O–H groups in total. The van der Waals surface area contributed by atoms with Crippen LogP contribution in [0.4, 0.5) is 13.2 Å². The normalized spacial score (nSPS) is 24.3. The molecule has 0 spiro atoms. The molecular formula is C12H19F3N2. The van der Waals surface area contributed by atoms with Gasteiger partial charge in [0.2, 0.25) is 0 Å². The smallest absolute Gasteiger partial charge is 0.305 e. The van der Waals surface area contributed by atoms with E-state index in [9.17, 15) is 13.2 Å². The summed E-state index contributed by atoms with van der Waals surface area (Å²) in [4.78, 5) is 1.89. The summed E-state index contributed by atoms with van der Waals surface area (Å²) < 4.78 is 37.8. The van der Waals surface area contributed by atoms with Crippen LogP contribution in [0.15, 0.2) is 0 Å². The van der Waals surface area contributed by atoms with Crippen LogP contribution in [-0.4, -0.2) is 43.3 Å². The lowest BCUT2D eigenvalue weighted by Crippen LogP contribution is -2.48. The minimum absolute atomic E-state index is 0.0912. The molecule has 2 nitrogen and oxygen atoms in total. The molecule has 2 unspecified atom stereocenters. The molecule has 0 bridgehead atoms. The molecule has 0 aromatic rings. The van der Waals surface area contributed by atoms with E-state index in [1.807, 2.05) is 11.8 Å². The lowest BCUT2D eigenvalue weighted by Gasteiger charge is -2.37. The van der Waals surface area contributed by atoms with E-state index in [4.69, 9.17) is 6.42 Å². The molecule has 2 atom stereocenters. The molecule has 0 aromatic carbocycles. The van der Waals surface area contributed by atoms with Crippen LogP contribution in [0.5, 0.6) is 0 Å². The Kier molecular flexibility index (Phi) is 5.29. The van der Waals surface area contributed by atoms with Gasteiger partial charge in [-0.2, -0.15) is 13.2 Å². The maximum absolute atomic E-state index is 12.6. The van der Waals surface area contributed by atoms with Crippen LogP contribution in [0.25, 0.3) is 0 Å². The molecule has 1 fully saturated rings. The predicted octanol–water partition coefficient (Wildman–Crippen LogP) is 1.87. The summed E-state index contributed by atoms with van der Waals surface area (Å²) >= 11 is 0. The Labute approximate surface area is 101 Å². The van der Waals surface area contributed by atoms with E-state index in [1.165, 1.54) is 0 Å². The molecule has 0 amide bonds. The van der Waals surface area contributed by atoms with Gasteiger partial charge >= 0.3 is 6.18 Å². The van der Waals surface area contributed by atoms with Gasteiger partial charge in [0.05, 0.1) is 12.5 Å². The van der Waals surface area contributed by atoms with Crippen molar-refractivity contribution < 1.29 is 13.2 Å². The number of rotatable bonds is 4. The average Bonchev–Trinajstić information content (AvgIpc) is 2.28. The molecule has 5 heteroatoms. The largest absolute Gasteiger partial charge is 0.393 e. The van der Waals surface area contributed by atoms with E-state index in [0.29, 0.717) is 19.5 Å². The number of nitrogens with zero attached hydrogens (tertiary/aromatic N) is 1. The Morgan fingerprint density at radius 1 is 1.53 bits per heavy atom. The maximum Gasteiger partial charge on any atom is 0.393 e. The van der Waals surface area contributed by atoms with Crippen LogP contribution < -0.4 is 5.32 Å². The summed E-state index contributed by atoms with van der Waals surface area (Å²) in [6.45, 7) is 3.88. The Bertz CT molecular complexity index is 270. The number of alkyl halides is 3. The minimum Gasteiger partial charge on any atom is -0.305 e. The molecule has 0 saturated carbocycles. The minimum atomic E-state index is -4.06. The summed E-state index contributed by atoms with van der Waals surface area (Å²) in [5, 5.41) is 3.03. The first-order chi connectivity index (χ1) is 7.95. The number of terminal acetylenes is 1. The van der Waals surface area contributed by atoms with Crippen LogP contribution in [-0.2, 0) is 0 Å². The Balaban J connectivity index is 2.41. The monoisotopic (exact) mass is 248 g/mol. The second-order valence-corrected chi connectivity index (χ2v) is 4.56. The Morgan fingerprint density at radius 3 is 2.82 bits per heavy atom. The first-order valence-electron chi connectivity index (χ1n) is 5.90. The molecule has 0 aliphatic carbocycles. The number of likely N-dealkylation sites (tertiary alicyclic amines) is 1. The fourth-order valence-corrected chi connectivity index (χ4v) is 2.16. The summed E-state index contributed by atoms with van der Waals surface area (Å²) in [6.07, 6.45) is 1.90. The van der Waals surface area contributed by atoms with E-state index in [0.717, 1.165) is 6.54 Å². The van der Waals surface area contributed by atoms with Crippen LogP contribution >= 0.6 is 0 Å². The van der Waals surface area contributed by atoms with Crippen LogP contribution in [0.2, 0.25) is 0 Å². The van der Waals surface area contributed by atoms with Gasteiger partial charge in [-0.05, 0) is 26.3 Å². The van der Waals surface area contributed by atoms with Gasteiger partial charge < -0.3 is 5.32 Å². The third-order valence-electron chi connectivity index (χ3n) is 3.21. The van der Waals surface area contributed by atoms with Crippen molar-refractivity contribution in [2.45, 2.75) is 32.0 Å². The van der Waals surface area contributed by atoms with Crippen molar-refractivity contribution >= 4 is 0 Å². The number of nitrogens with one attached hydrogen (secondary N) is 1. The molecule has 98 valence electrons. The predicted molar refractivity (Wildman–Crippen MR) is 61.5 cm³/mol. The van der Waals surface area contributed by atoms with E-state index >= 15 is 0 Å². The van der Waals surface area contributed by atoms with Gasteiger partial charge in [0.15, 0.2) is 0 Å². The molecule has 1 rings (SSSR count). The van der Waals surface area contributed by atoms with Crippen molar-refractivity contribution in [3.63, 3.8) is 0 Å². The number of halogens is 3. The average molecular weight is 248 g/mol. The number of piperidine rings is 1. The molecule has 1 aliphatic heterocycles. The topological polar surface area (TPSA) is 15.3 Å². The molecule has 1 saturated heterocycles. The highest BCUT2D eigenvalue weighted by atomic mass is 19.4. The number of hydrogen-bond acceptors (Lipinski definition) is 2. The van der Waals surface area contributed by atoms with Crippen molar-refractivity contribution in [1.29, 1.82) is 0 Å². The molecule has 0 radical (unpaired) electrons. The van der Waals surface area contributed by atoms with Gasteiger partial charge in [-0.15, -0.1) is 6.42 Å². The summed E-state index contributed by atoms with van der Waals surface area (Å²) in [6, 6.07) is 0.0912. The second kappa shape index (κ2) is 6.27. The maximum atomic E-state index is 12.6. The van der Waals surface area contributed by atoms with Crippen molar-refractivity contribution in [3.8, 4) is 12.3 Å². The Morgan fingerprint density at radius 2 is 2.24 bits per heavy atom. The van der Waals surface area contributed by atoms with Crippen LogP contribution in [0, 0.1) is 18.3 Å². The quantitative estimate of drug-likeness (QED) is 0.603. The highest BCUT2D eigenvalue weighted by molar-refractivity contribution is 4.88. The zero-order chi connectivity index (χ0) is 12.9. The van der Waals surface area contributed by atoms with Gasteiger partial charge in [0.25, 0.3) is 0 Å². The number of hydrogen-bond donors (Lipinski definition) is 1. The van der Waals surface area contributed by atoms with E-state index in [1.54, 1.807) is 0 Å². The van der Waals surface area contributed by atoms with Gasteiger partial charge in [-0.3, -0.25) is 4.90 Å². The Hall–Kier alpha value is -0.730. The molecule has 0 aromatic heterocycles. The summed E-state index contributed by atoms with van der Waals surface area (Å²) in [5.41, 5.74) is 0.